The molecule has 3 rings (SSSR count). The highest BCUT2D eigenvalue weighted by Gasteiger charge is 2.21. The van der Waals surface area contributed by atoms with E-state index in [1.807, 2.05) is 36.1 Å². The van der Waals surface area contributed by atoms with Crippen LogP contribution in [0.25, 0.3) is 0 Å². The van der Waals surface area contributed by atoms with Gasteiger partial charge in [-0.3, -0.25) is 9.79 Å². The van der Waals surface area contributed by atoms with Gasteiger partial charge in [0, 0.05) is 23.5 Å². The average molecular weight is 423 g/mol. The van der Waals surface area contributed by atoms with Crippen molar-refractivity contribution in [2.24, 2.45) is 4.99 Å². The van der Waals surface area contributed by atoms with Gasteiger partial charge in [0.1, 0.15) is 5.82 Å². The van der Waals surface area contributed by atoms with Crippen LogP contribution in [0.4, 0.5) is 10.1 Å². The van der Waals surface area contributed by atoms with Crippen LogP contribution in [0.2, 0.25) is 0 Å². The first-order chi connectivity index (χ1) is 11.6. The summed E-state index contributed by atoms with van der Waals surface area (Å²) in [5.74, 6) is 0.725. The molecule has 0 saturated carbocycles. The van der Waals surface area contributed by atoms with Crippen LogP contribution >= 0.6 is 28.7 Å². The van der Waals surface area contributed by atoms with Gasteiger partial charge in [-0.15, -0.1) is 17.0 Å². The number of halogens is 2. The van der Waals surface area contributed by atoms with Crippen LogP contribution in [0.5, 0.6) is 0 Å². The average Bonchev–Trinajstić information content (AvgIpc) is 2.61. The van der Waals surface area contributed by atoms with Gasteiger partial charge >= 0.3 is 0 Å². The molecular formula is C19H20BrFN2OS. The lowest BCUT2D eigenvalue weighted by Crippen LogP contribution is -2.35. The Kier molecular flexibility index (Phi) is 7.20. The van der Waals surface area contributed by atoms with Gasteiger partial charge in [0.2, 0.25) is 0 Å². The van der Waals surface area contributed by atoms with E-state index in [1.54, 1.807) is 23.9 Å². The number of hydrogen-bond acceptors (Lipinski definition) is 4. The molecule has 25 heavy (non-hydrogen) atoms. The molecule has 0 aromatic heterocycles. The zero-order valence-electron chi connectivity index (χ0n) is 13.9. The number of benzene rings is 2. The van der Waals surface area contributed by atoms with Gasteiger partial charge in [0.05, 0.1) is 6.54 Å². The van der Waals surface area contributed by atoms with Crippen molar-refractivity contribution in [1.82, 2.24) is 0 Å². The smallest absolute Gasteiger partial charge is 0.182 e. The molecule has 0 amide bonds. The Morgan fingerprint density at radius 1 is 1.20 bits per heavy atom. The lowest BCUT2D eigenvalue weighted by Gasteiger charge is -2.27. The van der Waals surface area contributed by atoms with Crippen molar-refractivity contribution in [3.05, 3.63) is 65.5 Å². The van der Waals surface area contributed by atoms with E-state index in [0.29, 0.717) is 5.56 Å². The van der Waals surface area contributed by atoms with Crippen molar-refractivity contribution >= 4 is 45.4 Å². The fraction of sp³-hybridized carbons (Fsp3) is 0.263. The Labute approximate surface area is 162 Å². The van der Waals surface area contributed by atoms with Crippen molar-refractivity contribution in [2.45, 2.75) is 13.3 Å². The molecule has 2 aromatic carbocycles. The van der Waals surface area contributed by atoms with Crippen molar-refractivity contribution in [2.75, 3.05) is 23.7 Å². The minimum absolute atomic E-state index is 0. The molecule has 0 fully saturated rings. The molecule has 2 aromatic rings. The number of carbonyl (C=O) groups is 1. The highest BCUT2D eigenvalue weighted by molar-refractivity contribution is 8.93. The second kappa shape index (κ2) is 9.15. The Bertz CT molecular complexity index is 764. The molecular weight excluding hydrogens is 403 g/mol. The number of Topliss-reactive ketones (excluding diaryl/α,β-unsaturated/α-hetero) is 1. The maximum atomic E-state index is 13.3. The summed E-state index contributed by atoms with van der Waals surface area (Å²) >= 11 is 1.64. The van der Waals surface area contributed by atoms with Crippen molar-refractivity contribution in [3.63, 3.8) is 0 Å². The van der Waals surface area contributed by atoms with Gasteiger partial charge in [-0.1, -0.05) is 36.0 Å². The largest absolute Gasteiger partial charge is 0.313 e. The number of carbonyl (C=O) groups excluding carboxylic acids is 1. The Hall–Kier alpha value is -1.66. The number of thioether (sulfide) groups is 1. The predicted octanol–water partition coefficient (Wildman–Crippen LogP) is 4.89. The van der Waals surface area contributed by atoms with Crippen LogP contribution in [-0.4, -0.2) is 29.8 Å². The molecule has 0 radical (unpaired) electrons. The number of ketones is 1. The first kappa shape index (κ1) is 19.7. The summed E-state index contributed by atoms with van der Waals surface area (Å²) in [5.41, 5.74) is 2.46. The number of aliphatic imine (C=N–C) groups is 1. The highest BCUT2D eigenvalue weighted by Crippen LogP contribution is 2.24. The molecule has 0 spiro atoms. The first-order valence-corrected chi connectivity index (χ1v) is 8.93. The number of nitrogens with zero attached hydrogens (tertiary/aromatic N) is 2. The molecule has 1 aliphatic heterocycles. The molecule has 6 heteroatoms. The third kappa shape index (κ3) is 4.92. The summed E-state index contributed by atoms with van der Waals surface area (Å²) in [6.07, 6.45) is 1.04. The lowest BCUT2D eigenvalue weighted by atomic mass is 10.0. The van der Waals surface area contributed by atoms with Gasteiger partial charge in [-0.2, -0.15) is 0 Å². The molecule has 0 unspecified atom stereocenters. The normalized spacial score (nSPS) is 13.6. The molecule has 1 heterocycles. The summed E-state index contributed by atoms with van der Waals surface area (Å²) in [4.78, 5) is 19.2. The van der Waals surface area contributed by atoms with Gasteiger partial charge < -0.3 is 4.90 Å². The number of hydrogen-bond donors (Lipinski definition) is 0. The summed E-state index contributed by atoms with van der Waals surface area (Å²) in [6.45, 7) is 2.89. The van der Waals surface area contributed by atoms with E-state index in [-0.39, 0.29) is 35.1 Å². The van der Waals surface area contributed by atoms with E-state index in [9.17, 15) is 9.18 Å². The second-order valence-electron chi connectivity index (χ2n) is 5.67. The van der Waals surface area contributed by atoms with E-state index >= 15 is 0 Å². The molecule has 0 bridgehead atoms. The van der Waals surface area contributed by atoms with E-state index < -0.39 is 0 Å². The van der Waals surface area contributed by atoms with Gasteiger partial charge in [-0.25, -0.2) is 4.39 Å². The topological polar surface area (TPSA) is 32.7 Å². The zero-order chi connectivity index (χ0) is 16.9. The Balaban J connectivity index is 0.00000225. The maximum absolute atomic E-state index is 13.3. The fourth-order valence-corrected chi connectivity index (χ4v) is 3.58. The Morgan fingerprint density at radius 3 is 2.56 bits per heavy atom. The van der Waals surface area contributed by atoms with Crippen LogP contribution in [0.1, 0.15) is 22.3 Å². The quantitative estimate of drug-likeness (QED) is 0.657. The molecule has 0 aliphatic carbocycles. The molecule has 0 atom stereocenters. The van der Waals surface area contributed by atoms with E-state index in [4.69, 9.17) is 0 Å². The summed E-state index contributed by atoms with van der Waals surface area (Å²) in [7, 11) is 0. The molecule has 1 aliphatic rings. The number of rotatable bonds is 4. The van der Waals surface area contributed by atoms with Crippen LogP contribution in [-0.2, 0) is 0 Å². The van der Waals surface area contributed by atoms with Crippen LogP contribution in [0, 0.1) is 12.7 Å². The predicted molar refractivity (Wildman–Crippen MR) is 109 cm³/mol. The van der Waals surface area contributed by atoms with Crippen molar-refractivity contribution in [1.29, 1.82) is 0 Å². The lowest BCUT2D eigenvalue weighted by molar-refractivity contribution is 0.100. The third-order valence-corrected chi connectivity index (χ3v) is 5.00. The fourth-order valence-electron chi connectivity index (χ4n) is 2.62. The van der Waals surface area contributed by atoms with Gasteiger partial charge in [0.15, 0.2) is 11.0 Å². The van der Waals surface area contributed by atoms with Gasteiger partial charge in [0.25, 0.3) is 0 Å². The monoisotopic (exact) mass is 422 g/mol. The molecule has 0 saturated heterocycles. The summed E-state index contributed by atoms with van der Waals surface area (Å²) < 4.78 is 13.3. The van der Waals surface area contributed by atoms with E-state index in [2.05, 4.69) is 4.99 Å². The molecule has 3 nitrogen and oxygen atoms in total. The number of aryl methyl sites for hydroxylation is 1. The van der Waals surface area contributed by atoms with Crippen molar-refractivity contribution < 1.29 is 9.18 Å². The van der Waals surface area contributed by atoms with E-state index in [0.717, 1.165) is 35.1 Å². The first-order valence-electron chi connectivity index (χ1n) is 7.94. The third-order valence-electron chi connectivity index (χ3n) is 3.90. The van der Waals surface area contributed by atoms with Crippen molar-refractivity contribution in [3.8, 4) is 0 Å². The van der Waals surface area contributed by atoms with Crippen LogP contribution in [0.3, 0.4) is 0 Å². The number of amidine groups is 1. The SMILES string of the molecule is Br.Cc1ccccc1C(=O)CN(C1=NCCCS1)c1ccc(F)cc1. The summed E-state index contributed by atoms with van der Waals surface area (Å²) in [5, 5.41) is 0.829. The molecule has 132 valence electrons. The van der Waals surface area contributed by atoms with Crippen LogP contribution < -0.4 is 4.90 Å². The minimum atomic E-state index is -0.290. The maximum Gasteiger partial charge on any atom is 0.182 e. The highest BCUT2D eigenvalue weighted by atomic mass is 79.9. The second-order valence-corrected chi connectivity index (χ2v) is 6.73. The standard InChI is InChI=1S/C19H19FN2OS.BrH/c1-14-5-2-3-6-17(14)18(23)13-22(19-21-11-4-12-24-19)16-9-7-15(20)8-10-16;/h2-3,5-10H,4,11-13H2,1H3;1H. The van der Waals surface area contributed by atoms with E-state index in [1.165, 1.54) is 12.1 Å². The Morgan fingerprint density at radius 2 is 1.92 bits per heavy atom. The van der Waals surface area contributed by atoms with Gasteiger partial charge in [-0.05, 0) is 43.2 Å². The number of anilines is 1. The zero-order valence-corrected chi connectivity index (χ0v) is 16.5. The molecule has 0 N–H and O–H groups in total. The van der Waals surface area contributed by atoms with Crippen LogP contribution in [0.15, 0.2) is 53.5 Å². The minimum Gasteiger partial charge on any atom is -0.313 e. The summed E-state index contributed by atoms with van der Waals surface area (Å²) in [6, 6.07) is 13.8.